The Morgan fingerprint density at radius 3 is 0.875 bits per heavy atom. The monoisotopic (exact) mass is 1320 g/mol. The van der Waals surface area contributed by atoms with Crippen LogP contribution in [0.3, 0.4) is 0 Å². The molecule has 10 heteroatoms. The Bertz CT molecular complexity index is 1360. The molecule has 0 bridgehead atoms. The van der Waals surface area contributed by atoms with Gasteiger partial charge in [-0.25, -0.2) is 0 Å². The fourth-order valence-corrected chi connectivity index (χ4v) is 14.3. The second-order valence-corrected chi connectivity index (χ2v) is 27.8. The van der Waals surface area contributed by atoms with E-state index in [4.69, 9.17) is 8.44 Å². The molecule has 470 valence electrons. The van der Waals surface area contributed by atoms with Gasteiger partial charge in [-0.05, 0) is 19.3 Å². The normalized spacial score (nSPS) is 13.9. The molecule has 0 saturated carbocycles. The number of hydrogen-bond acceptors (Lipinski definition) is 9. The van der Waals surface area contributed by atoms with Crippen LogP contribution in [0, 0.1) is 11.8 Å². The number of unbranched alkanes of at least 4 members (excludes halogenated alkanes) is 32. The third kappa shape index (κ3) is 54.3. The van der Waals surface area contributed by atoms with Gasteiger partial charge >= 0.3 is 357 Å². The van der Waals surface area contributed by atoms with Crippen molar-refractivity contribution in [2.45, 2.75) is 380 Å². The van der Waals surface area contributed by atoms with Crippen LogP contribution in [0.2, 0.25) is 0 Å². The summed E-state index contributed by atoms with van der Waals surface area (Å²) < 4.78 is 18.5. The van der Waals surface area contributed by atoms with Crippen molar-refractivity contribution in [3.05, 3.63) is 36.5 Å². The van der Waals surface area contributed by atoms with E-state index in [1.54, 1.807) is 0 Å². The molecule has 0 aliphatic rings. The standard InChI is InChI=1S/2C26H50O3.C18H34O3.Bi/c2*1-3-5-7-9-13-16-20-24(26(28)29)21-17-14-11-10-12-15-19-23-25(27)22-18-8-6-4-2;1-2-3-4-11-14-17(19)15-12-9-7-5-6-8-10-13-16-18(20)21;/h2*15,19,24-25,27H,3-14,16-18,20-23H2,1-2H3,(H,28,29);9,12,17,19H,2-8,10-11,13-16H2,1H3,(H,20,21);/q;;;+3/p-3/b2*19-15-;12-9-;. The van der Waals surface area contributed by atoms with Crippen LogP contribution < -0.4 is 0 Å². The third-order valence-electron chi connectivity index (χ3n) is 16.0. The molecule has 0 rings (SSSR count). The third-order valence-corrected chi connectivity index (χ3v) is 19.9. The van der Waals surface area contributed by atoms with E-state index in [9.17, 15) is 29.7 Å². The van der Waals surface area contributed by atoms with Crippen LogP contribution in [-0.2, 0) is 22.8 Å². The summed E-state index contributed by atoms with van der Waals surface area (Å²) in [6, 6.07) is 0. The molecule has 0 aromatic rings. The number of aliphatic hydroxyl groups excluding tert-OH is 3. The Balaban J connectivity index is 5.80. The Morgan fingerprint density at radius 2 is 0.562 bits per heavy atom. The van der Waals surface area contributed by atoms with Crippen LogP contribution in [0.1, 0.15) is 362 Å². The maximum atomic E-state index is 14.3. The predicted molar refractivity (Wildman–Crippen MR) is 340 cm³/mol. The summed E-state index contributed by atoms with van der Waals surface area (Å²) in [5.41, 5.74) is 0. The molecule has 0 aliphatic heterocycles. The summed E-state index contributed by atoms with van der Waals surface area (Å²) >= 11 is -4.37. The zero-order valence-electron chi connectivity index (χ0n) is 53.2. The van der Waals surface area contributed by atoms with E-state index in [0.29, 0.717) is 19.3 Å². The molecule has 0 fully saturated rings. The van der Waals surface area contributed by atoms with Crippen molar-refractivity contribution >= 4 is 41.0 Å². The van der Waals surface area contributed by atoms with E-state index in [-0.39, 0.29) is 48.5 Å². The average Bonchev–Trinajstić information content (AvgIpc) is 3.44. The van der Waals surface area contributed by atoms with Gasteiger partial charge in [0.15, 0.2) is 0 Å². The van der Waals surface area contributed by atoms with Crippen molar-refractivity contribution in [3.63, 3.8) is 0 Å². The Hall–Kier alpha value is -1.61. The molecule has 5 unspecified atom stereocenters. The molecule has 0 amide bonds. The second kappa shape index (κ2) is 61.9. The molecule has 0 saturated heterocycles. The van der Waals surface area contributed by atoms with Crippen molar-refractivity contribution in [2.24, 2.45) is 11.8 Å². The van der Waals surface area contributed by atoms with Crippen molar-refractivity contribution in [1.29, 1.82) is 0 Å². The van der Waals surface area contributed by atoms with Crippen molar-refractivity contribution in [3.8, 4) is 0 Å². The number of allylic oxidation sites excluding steroid dienone is 3. The first-order valence-corrected chi connectivity index (χ1v) is 38.8. The SMILES string of the molecule is CCCCCCCCC(CCCCCC/C=C\CC(O)CCCCCC)C(=O)[O][Bi]([O]C(=O)CCCCCCC/C=C\CC(O)CCCCCC)[O]C(=O)C(CCCCCC/C=C\CC(O)CCCCCC)CCCCCCCC. The van der Waals surface area contributed by atoms with E-state index < -0.39 is 29.0 Å². The van der Waals surface area contributed by atoms with Crippen LogP contribution >= 0.6 is 0 Å². The summed E-state index contributed by atoms with van der Waals surface area (Å²) in [5.74, 6) is -1.77. The fraction of sp³-hybridized carbons (Fsp3) is 0.871. The van der Waals surface area contributed by atoms with Crippen LogP contribution in [0.5, 0.6) is 0 Å². The van der Waals surface area contributed by atoms with E-state index >= 15 is 0 Å². The van der Waals surface area contributed by atoms with Gasteiger partial charge in [0, 0.05) is 0 Å². The van der Waals surface area contributed by atoms with Crippen molar-refractivity contribution in [2.75, 3.05) is 0 Å². The summed E-state index contributed by atoms with van der Waals surface area (Å²) in [5, 5.41) is 30.9. The van der Waals surface area contributed by atoms with Gasteiger partial charge in [-0.3, -0.25) is 0 Å². The van der Waals surface area contributed by atoms with Gasteiger partial charge in [0.25, 0.3) is 0 Å². The molecule has 0 heterocycles. The van der Waals surface area contributed by atoms with Gasteiger partial charge in [-0.15, -0.1) is 0 Å². The molecule has 3 N–H and O–H groups in total. The Morgan fingerprint density at radius 1 is 0.312 bits per heavy atom. The predicted octanol–water partition coefficient (Wildman–Crippen LogP) is 20.6. The zero-order chi connectivity index (χ0) is 58.6. The number of carbonyl (C=O) groups excluding carboxylic acids is 3. The molecule has 0 aromatic carbocycles. The van der Waals surface area contributed by atoms with E-state index in [1.807, 2.05) is 0 Å². The number of rotatable bonds is 62. The molecular formula is C70H131BiO9. The van der Waals surface area contributed by atoms with Crippen LogP contribution in [0.4, 0.5) is 0 Å². The number of aliphatic hydroxyl groups is 3. The second-order valence-electron chi connectivity index (χ2n) is 23.9. The van der Waals surface area contributed by atoms with E-state index in [0.717, 1.165) is 205 Å². The first-order chi connectivity index (χ1) is 39.1. The quantitative estimate of drug-likeness (QED) is 0.0308. The minimum atomic E-state index is -4.37. The molecule has 0 spiro atoms. The maximum absolute atomic E-state index is 14.3. The molecule has 9 nitrogen and oxygen atoms in total. The van der Waals surface area contributed by atoms with Crippen LogP contribution in [0.25, 0.3) is 0 Å². The first-order valence-electron chi connectivity index (χ1n) is 34.5. The van der Waals surface area contributed by atoms with Crippen LogP contribution in [-0.4, -0.2) is 74.6 Å². The average molecular weight is 1330 g/mol. The fourth-order valence-electron chi connectivity index (χ4n) is 10.5. The van der Waals surface area contributed by atoms with Crippen molar-refractivity contribution in [1.82, 2.24) is 0 Å². The number of hydrogen-bond donors (Lipinski definition) is 3. The first kappa shape index (κ1) is 78.4. The van der Waals surface area contributed by atoms with E-state index in [1.165, 1.54) is 96.3 Å². The topological polar surface area (TPSA) is 140 Å². The van der Waals surface area contributed by atoms with Gasteiger partial charge in [-0.2, -0.15) is 0 Å². The molecular weight excluding hydrogens is 1190 g/mol. The Labute approximate surface area is 504 Å². The minimum absolute atomic E-state index is 0.211. The van der Waals surface area contributed by atoms with Gasteiger partial charge in [0.1, 0.15) is 0 Å². The molecule has 0 aromatic heterocycles. The molecule has 0 radical (unpaired) electrons. The summed E-state index contributed by atoms with van der Waals surface area (Å²) in [4.78, 5) is 42.1. The summed E-state index contributed by atoms with van der Waals surface area (Å²) in [6.45, 7) is 11.1. The number of carbonyl (C=O) groups is 3. The van der Waals surface area contributed by atoms with Gasteiger partial charge in [-0.1, -0.05) is 97.8 Å². The van der Waals surface area contributed by atoms with Gasteiger partial charge in [0.05, 0.1) is 18.3 Å². The van der Waals surface area contributed by atoms with Gasteiger partial charge < -0.3 is 15.3 Å². The van der Waals surface area contributed by atoms with E-state index in [2.05, 4.69) is 71.1 Å². The zero-order valence-corrected chi connectivity index (χ0v) is 56.6. The van der Waals surface area contributed by atoms with Crippen LogP contribution in [0.15, 0.2) is 36.5 Å². The summed E-state index contributed by atoms with van der Waals surface area (Å²) in [7, 11) is 0. The molecule has 80 heavy (non-hydrogen) atoms. The summed E-state index contributed by atoms with van der Waals surface area (Å²) in [6.07, 6.45) is 63.7. The van der Waals surface area contributed by atoms with Crippen molar-refractivity contribution < 1.29 is 38.1 Å². The molecule has 0 aliphatic carbocycles. The Kier molecular flexibility index (Phi) is 60.7. The van der Waals surface area contributed by atoms with Gasteiger partial charge in [0.2, 0.25) is 0 Å². The molecule has 5 atom stereocenters.